The molecule has 0 aromatic heterocycles. The van der Waals surface area contributed by atoms with E-state index >= 15 is 0 Å². The third-order valence-electron chi connectivity index (χ3n) is 4.30. The molecule has 1 N–H and O–H groups in total. The Morgan fingerprint density at radius 2 is 1.74 bits per heavy atom. The van der Waals surface area contributed by atoms with Crippen LogP contribution in [0.5, 0.6) is 0 Å². The predicted octanol–water partition coefficient (Wildman–Crippen LogP) is 3.58. The fraction of sp³-hybridized carbons (Fsp3) is 1.00. The van der Waals surface area contributed by atoms with Gasteiger partial charge in [0.25, 0.3) is 0 Å². The fourth-order valence-corrected chi connectivity index (χ4v) is 3.33. The van der Waals surface area contributed by atoms with E-state index in [9.17, 15) is 0 Å². The quantitative estimate of drug-likeness (QED) is 0.650. The zero-order chi connectivity index (χ0) is 14.1. The second-order valence-corrected chi connectivity index (χ2v) is 5.56. The first-order valence-electron chi connectivity index (χ1n) is 8.23. The average Bonchev–Trinajstić information content (AvgIpc) is 2.45. The highest BCUT2D eigenvalue weighted by molar-refractivity contribution is 4.84. The van der Waals surface area contributed by atoms with Gasteiger partial charge in [0.2, 0.25) is 0 Å². The van der Waals surface area contributed by atoms with Crippen molar-refractivity contribution in [3.8, 4) is 0 Å². The standard InChI is InChI=1S/C16H33NO2/c1-5-13-10-9-11-14(12-13)15(17-6-2)16(18-7-3)19-8-4/h13-17H,5-12H2,1-4H3. The number of rotatable bonds is 9. The van der Waals surface area contributed by atoms with Crippen LogP contribution < -0.4 is 5.32 Å². The molecular formula is C16H33NO2. The van der Waals surface area contributed by atoms with Crippen molar-refractivity contribution in [1.29, 1.82) is 0 Å². The van der Waals surface area contributed by atoms with Crippen molar-refractivity contribution in [2.75, 3.05) is 19.8 Å². The molecule has 0 aromatic rings. The van der Waals surface area contributed by atoms with Crippen LogP contribution in [0, 0.1) is 11.8 Å². The highest BCUT2D eigenvalue weighted by Crippen LogP contribution is 2.34. The smallest absolute Gasteiger partial charge is 0.172 e. The van der Waals surface area contributed by atoms with Crippen LogP contribution in [0.25, 0.3) is 0 Å². The molecule has 0 spiro atoms. The van der Waals surface area contributed by atoms with Gasteiger partial charge in [-0.2, -0.15) is 0 Å². The maximum absolute atomic E-state index is 5.83. The Morgan fingerprint density at radius 3 is 2.26 bits per heavy atom. The summed E-state index contributed by atoms with van der Waals surface area (Å²) in [7, 11) is 0. The second kappa shape index (κ2) is 9.73. The first-order chi connectivity index (χ1) is 9.26. The van der Waals surface area contributed by atoms with E-state index in [0.717, 1.165) is 25.7 Å². The maximum atomic E-state index is 5.83. The summed E-state index contributed by atoms with van der Waals surface area (Å²) in [6, 6.07) is 0.347. The molecule has 1 rings (SSSR count). The van der Waals surface area contributed by atoms with Gasteiger partial charge in [-0.15, -0.1) is 0 Å². The van der Waals surface area contributed by atoms with E-state index in [1.165, 1.54) is 32.1 Å². The molecule has 114 valence electrons. The SMILES string of the molecule is CCNC(C1CCCC(CC)C1)C(OCC)OCC. The van der Waals surface area contributed by atoms with Gasteiger partial charge < -0.3 is 14.8 Å². The predicted molar refractivity (Wildman–Crippen MR) is 80.2 cm³/mol. The van der Waals surface area contributed by atoms with Gasteiger partial charge in [-0.05, 0) is 45.1 Å². The van der Waals surface area contributed by atoms with Gasteiger partial charge in [-0.1, -0.05) is 33.1 Å². The highest BCUT2D eigenvalue weighted by Gasteiger charge is 2.33. The normalized spacial score (nSPS) is 25.7. The zero-order valence-electron chi connectivity index (χ0n) is 13.3. The molecule has 1 saturated carbocycles. The number of nitrogens with one attached hydrogen (secondary N) is 1. The molecule has 19 heavy (non-hydrogen) atoms. The lowest BCUT2D eigenvalue weighted by molar-refractivity contribution is -0.165. The van der Waals surface area contributed by atoms with E-state index in [-0.39, 0.29) is 6.29 Å². The molecule has 0 aromatic carbocycles. The Morgan fingerprint density at radius 1 is 1.05 bits per heavy atom. The molecule has 3 heteroatoms. The maximum Gasteiger partial charge on any atom is 0.172 e. The molecule has 3 atom stereocenters. The van der Waals surface area contributed by atoms with Crippen molar-refractivity contribution < 1.29 is 9.47 Å². The number of hydrogen-bond donors (Lipinski definition) is 1. The molecule has 0 heterocycles. The third kappa shape index (κ3) is 5.41. The summed E-state index contributed by atoms with van der Waals surface area (Å²) < 4.78 is 11.7. The van der Waals surface area contributed by atoms with Crippen LogP contribution in [0.15, 0.2) is 0 Å². The Labute approximate surface area is 119 Å². The minimum absolute atomic E-state index is 0.0874. The van der Waals surface area contributed by atoms with Crippen molar-refractivity contribution >= 4 is 0 Å². The molecule has 0 bridgehead atoms. The first kappa shape index (κ1) is 16.9. The summed E-state index contributed by atoms with van der Waals surface area (Å²) in [5, 5.41) is 3.62. The van der Waals surface area contributed by atoms with Gasteiger partial charge in [-0.3, -0.25) is 0 Å². The Kier molecular flexibility index (Phi) is 8.67. The fourth-order valence-electron chi connectivity index (χ4n) is 3.33. The van der Waals surface area contributed by atoms with Crippen LogP contribution in [0.2, 0.25) is 0 Å². The summed E-state index contributed by atoms with van der Waals surface area (Å²) >= 11 is 0. The first-order valence-corrected chi connectivity index (χ1v) is 8.23. The summed E-state index contributed by atoms with van der Waals surface area (Å²) in [6.07, 6.45) is 6.62. The van der Waals surface area contributed by atoms with Crippen LogP contribution in [-0.2, 0) is 9.47 Å². The van der Waals surface area contributed by atoms with E-state index < -0.39 is 0 Å². The average molecular weight is 271 g/mol. The lowest BCUT2D eigenvalue weighted by atomic mass is 9.76. The molecule has 0 amide bonds. The van der Waals surface area contributed by atoms with Gasteiger partial charge in [0.1, 0.15) is 0 Å². The molecule has 3 nitrogen and oxygen atoms in total. The van der Waals surface area contributed by atoms with Gasteiger partial charge >= 0.3 is 0 Å². The summed E-state index contributed by atoms with van der Waals surface area (Å²) in [4.78, 5) is 0. The molecule has 0 aliphatic heterocycles. The van der Waals surface area contributed by atoms with Gasteiger partial charge in [0, 0.05) is 13.2 Å². The van der Waals surface area contributed by atoms with Crippen LogP contribution in [0.3, 0.4) is 0 Å². The van der Waals surface area contributed by atoms with Gasteiger partial charge in [0.15, 0.2) is 6.29 Å². The third-order valence-corrected chi connectivity index (χ3v) is 4.30. The highest BCUT2D eigenvalue weighted by atomic mass is 16.7. The summed E-state index contributed by atoms with van der Waals surface area (Å²) in [6.45, 7) is 11.0. The lowest BCUT2D eigenvalue weighted by Crippen LogP contribution is -2.49. The second-order valence-electron chi connectivity index (χ2n) is 5.56. The largest absolute Gasteiger partial charge is 0.351 e. The van der Waals surface area contributed by atoms with Crippen LogP contribution in [-0.4, -0.2) is 32.1 Å². The zero-order valence-corrected chi connectivity index (χ0v) is 13.3. The van der Waals surface area contributed by atoms with Gasteiger partial charge in [-0.25, -0.2) is 0 Å². The van der Waals surface area contributed by atoms with E-state index in [0.29, 0.717) is 12.0 Å². The minimum Gasteiger partial charge on any atom is -0.351 e. The Bertz CT molecular complexity index is 217. The van der Waals surface area contributed by atoms with Crippen molar-refractivity contribution in [2.24, 2.45) is 11.8 Å². The molecule has 1 aliphatic carbocycles. The van der Waals surface area contributed by atoms with E-state index in [1.807, 2.05) is 13.8 Å². The number of ether oxygens (including phenoxy) is 2. The summed E-state index contributed by atoms with van der Waals surface area (Å²) in [5.74, 6) is 1.59. The van der Waals surface area contributed by atoms with Crippen molar-refractivity contribution in [1.82, 2.24) is 5.32 Å². The van der Waals surface area contributed by atoms with E-state index in [2.05, 4.69) is 19.2 Å². The molecular weight excluding hydrogens is 238 g/mol. The number of hydrogen-bond acceptors (Lipinski definition) is 3. The van der Waals surface area contributed by atoms with Crippen LogP contribution in [0.4, 0.5) is 0 Å². The molecule has 0 saturated heterocycles. The van der Waals surface area contributed by atoms with Crippen molar-refractivity contribution in [3.63, 3.8) is 0 Å². The lowest BCUT2D eigenvalue weighted by Gasteiger charge is -2.38. The van der Waals surface area contributed by atoms with Crippen LogP contribution in [0.1, 0.15) is 59.8 Å². The minimum atomic E-state index is -0.0874. The van der Waals surface area contributed by atoms with E-state index in [4.69, 9.17) is 9.47 Å². The molecule has 0 radical (unpaired) electrons. The topological polar surface area (TPSA) is 30.5 Å². The molecule has 1 aliphatic rings. The Hall–Kier alpha value is -0.120. The molecule has 3 unspecified atom stereocenters. The van der Waals surface area contributed by atoms with Crippen molar-refractivity contribution in [3.05, 3.63) is 0 Å². The monoisotopic (exact) mass is 271 g/mol. The van der Waals surface area contributed by atoms with Gasteiger partial charge in [0.05, 0.1) is 6.04 Å². The van der Waals surface area contributed by atoms with Crippen molar-refractivity contribution in [2.45, 2.75) is 72.1 Å². The van der Waals surface area contributed by atoms with Crippen LogP contribution >= 0.6 is 0 Å². The number of likely N-dealkylation sites (N-methyl/N-ethyl adjacent to an activating group) is 1. The summed E-state index contributed by atoms with van der Waals surface area (Å²) in [5.41, 5.74) is 0. The molecule has 1 fully saturated rings. The Balaban J connectivity index is 2.66. The van der Waals surface area contributed by atoms with E-state index in [1.54, 1.807) is 0 Å².